The van der Waals surface area contributed by atoms with E-state index in [0.29, 0.717) is 12.8 Å². The van der Waals surface area contributed by atoms with Gasteiger partial charge in [-0.15, -0.1) is 5.10 Å². The largest absolute Gasteiger partial charge is 0.291 e. The number of ketones is 1. The molecular formula is C20H26F3N3O. The molecule has 7 heteroatoms. The summed E-state index contributed by atoms with van der Waals surface area (Å²) in [6.45, 7) is 4.90. The van der Waals surface area contributed by atoms with Crippen LogP contribution in [0.4, 0.5) is 13.2 Å². The third-order valence-corrected chi connectivity index (χ3v) is 4.61. The van der Waals surface area contributed by atoms with E-state index < -0.39 is 12.1 Å². The number of halogens is 3. The van der Waals surface area contributed by atoms with Crippen LogP contribution in [-0.2, 0) is 0 Å². The Morgan fingerprint density at radius 2 is 1.81 bits per heavy atom. The lowest BCUT2D eigenvalue weighted by molar-refractivity contribution is -0.00647. The molecule has 0 aliphatic carbocycles. The number of hydrogen-bond acceptors (Lipinski definition) is 3. The van der Waals surface area contributed by atoms with Crippen molar-refractivity contribution in [3.63, 3.8) is 0 Å². The van der Waals surface area contributed by atoms with Gasteiger partial charge in [0.25, 0.3) is 0 Å². The Morgan fingerprint density at radius 3 is 2.33 bits per heavy atom. The van der Waals surface area contributed by atoms with E-state index in [1.54, 1.807) is 4.68 Å². The number of rotatable bonds is 6. The number of carbonyl (C=O) groups is 1. The number of aromatic nitrogens is 3. The Balaban J connectivity index is 0.000000321. The molecule has 1 aliphatic heterocycles. The Kier molecular flexibility index (Phi) is 7.16. The zero-order valence-corrected chi connectivity index (χ0v) is 16.0. The van der Waals surface area contributed by atoms with Gasteiger partial charge in [0, 0.05) is 25.7 Å². The third-order valence-electron chi connectivity index (χ3n) is 4.61. The van der Waals surface area contributed by atoms with Crippen LogP contribution in [0.3, 0.4) is 0 Å². The number of benzene rings is 1. The van der Waals surface area contributed by atoms with E-state index in [2.05, 4.69) is 10.1 Å². The topological polar surface area (TPSA) is 47.8 Å². The number of alkyl halides is 3. The summed E-state index contributed by atoms with van der Waals surface area (Å²) in [5.74, 6) is -2.11. The second kappa shape index (κ2) is 9.15. The quantitative estimate of drug-likeness (QED) is 0.603. The molecule has 0 radical (unpaired) electrons. The van der Waals surface area contributed by atoms with Crippen LogP contribution in [0.5, 0.6) is 0 Å². The van der Waals surface area contributed by atoms with E-state index in [0.717, 1.165) is 12.0 Å². The third kappa shape index (κ3) is 5.17. The molecule has 4 nitrogen and oxygen atoms in total. The van der Waals surface area contributed by atoms with Crippen molar-refractivity contribution in [1.29, 1.82) is 0 Å². The van der Waals surface area contributed by atoms with Gasteiger partial charge in [0.15, 0.2) is 12.0 Å². The summed E-state index contributed by atoms with van der Waals surface area (Å²) in [6.07, 6.45) is 0.241. The van der Waals surface area contributed by atoms with Crippen molar-refractivity contribution >= 4 is 5.78 Å². The lowest BCUT2D eigenvalue weighted by Gasteiger charge is -2.11. The Bertz CT molecular complexity index is 740. The first-order chi connectivity index (χ1) is 12.8. The highest BCUT2D eigenvalue weighted by atomic mass is 19.3. The van der Waals surface area contributed by atoms with Gasteiger partial charge in [0.05, 0.1) is 6.04 Å². The van der Waals surface area contributed by atoms with Gasteiger partial charge in [-0.3, -0.25) is 4.79 Å². The van der Waals surface area contributed by atoms with Gasteiger partial charge >= 0.3 is 0 Å². The molecular weight excluding hydrogens is 355 g/mol. The van der Waals surface area contributed by atoms with Gasteiger partial charge in [-0.05, 0) is 12.0 Å². The predicted molar refractivity (Wildman–Crippen MR) is 97.8 cm³/mol. The summed E-state index contributed by atoms with van der Waals surface area (Å²) in [6, 6.07) is 9.48. The molecule has 2 aromatic rings. The van der Waals surface area contributed by atoms with Gasteiger partial charge in [0.1, 0.15) is 0 Å². The Labute approximate surface area is 157 Å². The molecule has 148 valence electrons. The van der Waals surface area contributed by atoms with Crippen LogP contribution in [0.2, 0.25) is 0 Å². The average Bonchev–Trinajstić information content (AvgIpc) is 3.24. The number of Topliss-reactive ketones (excluding diaryl/α,β-unsaturated/α-hetero) is 1. The Hall–Kier alpha value is -2.18. The molecule has 0 bridgehead atoms. The summed E-state index contributed by atoms with van der Waals surface area (Å²) < 4.78 is 39.4. The average molecular weight is 381 g/mol. The minimum atomic E-state index is -2.42. The van der Waals surface area contributed by atoms with Crippen LogP contribution in [0.25, 0.3) is 0 Å². The number of carbonyl (C=O) groups excluding carboxylic acids is 1. The van der Waals surface area contributed by atoms with Gasteiger partial charge in [-0.1, -0.05) is 51.1 Å². The molecule has 0 N–H and O–H groups in total. The van der Waals surface area contributed by atoms with Crippen LogP contribution >= 0.6 is 0 Å². The van der Waals surface area contributed by atoms with Crippen LogP contribution in [0.1, 0.15) is 87.1 Å². The first-order valence-corrected chi connectivity index (χ1v) is 9.39. The highest BCUT2D eigenvalue weighted by molar-refractivity contribution is 5.92. The van der Waals surface area contributed by atoms with Crippen molar-refractivity contribution in [2.45, 2.75) is 71.0 Å². The second-order valence-electron chi connectivity index (χ2n) is 6.60. The number of nitrogens with zero attached hydrogens (tertiary/aromatic N) is 3. The van der Waals surface area contributed by atoms with Crippen LogP contribution < -0.4 is 0 Å². The van der Waals surface area contributed by atoms with Crippen molar-refractivity contribution in [3.05, 3.63) is 47.5 Å². The van der Waals surface area contributed by atoms with Crippen molar-refractivity contribution in [3.8, 4) is 0 Å². The van der Waals surface area contributed by atoms with Crippen LogP contribution in [0.15, 0.2) is 30.3 Å². The van der Waals surface area contributed by atoms with Gasteiger partial charge in [0.2, 0.25) is 17.5 Å². The maximum Gasteiger partial charge on any atom is 0.247 e. The van der Waals surface area contributed by atoms with Gasteiger partial charge in [-0.2, -0.15) is 0 Å². The second-order valence-corrected chi connectivity index (χ2v) is 6.60. The molecule has 0 saturated heterocycles. The maximum atomic E-state index is 14.1. The molecule has 27 heavy (non-hydrogen) atoms. The lowest BCUT2D eigenvalue weighted by Crippen LogP contribution is -2.10. The van der Waals surface area contributed by atoms with Crippen molar-refractivity contribution in [2.24, 2.45) is 0 Å². The summed E-state index contributed by atoms with van der Waals surface area (Å²) in [5, 5.41) is 4.23. The zero-order valence-electron chi connectivity index (χ0n) is 16.0. The molecule has 2 atom stereocenters. The summed E-state index contributed by atoms with van der Waals surface area (Å²) >= 11 is 0. The standard InChI is InChI=1S/C15H16FN3O.C5H10F2/c1-2-6-13(20)14-17-15-11(16)9-12(19(15)18-14)10-7-4-3-5-8-10;1-3-5(6,7)4-2/h3-5,7-8,11-12H,2,6,9H2,1H3;3-4H2,1-2H3. The molecule has 2 heterocycles. The molecule has 0 amide bonds. The monoisotopic (exact) mass is 381 g/mol. The van der Waals surface area contributed by atoms with Crippen LogP contribution in [-0.4, -0.2) is 26.5 Å². The van der Waals surface area contributed by atoms with Gasteiger partial charge < -0.3 is 0 Å². The van der Waals surface area contributed by atoms with Crippen molar-refractivity contribution < 1.29 is 18.0 Å². The number of hydrogen-bond donors (Lipinski definition) is 0. The highest BCUT2D eigenvalue weighted by Gasteiger charge is 2.36. The molecule has 1 aromatic heterocycles. The molecule has 1 aliphatic rings. The first-order valence-electron chi connectivity index (χ1n) is 9.39. The lowest BCUT2D eigenvalue weighted by atomic mass is 10.0. The van der Waals surface area contributed by atoms with E-state index in [4.69, 9.17) is 0 Å². The number of fused-ring (bicyclic) bond motifs is 1. The summed E-state index contributed by atoms with van der Waals surface area (Å²) in [7, 11) is 0. The van der Waals surface area contributed by atoms with E-state index in [9.17, 15) is 18.0 Å². The highest BCUT2D eigenvalue weighted by Crippen LogP contribution is 2.39. The van der Waals surface area contributed by atoms with Crippen molar-refractivity contribution in [1.82, 2.24) is 14.8 Å². The van der Waals surface area contributed by atoms with E-state index >= 15 is 0 Å². The normalized spacial score (nSPS) is 18.6. The molecule has 0 spiro atoms. The fourth-order valence-corrected chi connectivity index (χ4v) is 2.84. The molecule has 0 fully saturated rings. The molecule has 2 unspecified atom stereocenters. The molecule has 1 aromatic carbocycles. The van der Waals surface area contributed by atoms with E-state index in [1.807, 2.05) is 37.3 Å². The fourth-order valence-electron chi connectivity index (χ4n) is 2.84. The maximum absolute atomic E-state index is 14.1. The SMILES string of the molecule is CCC(F)(F)CC.CCCC(=O)c1nc2n(n1)C(c1ccccc1)CC2F. The van der Waals surface area contributed by atoms with Gasteiger partial charge in [-0.25, -0.2) is 22.8 Å². The van der Waals surface area contributed by atoms with E-state index in [1.165, 1.54) is 13.8 Å². The smallest absolute Gasteiger partial charge is 0.247 e. The zero-order chi connectivity index (χ0) is 20.0. The fraction of sp³-hybridized carbons (Fsp3) is 0.550. The Morgan fingerprint density at radius 1 is 1.19 bits per heavy atom. The minimum absolute atomic E-state index is 0.0382. The minimum Gasteiger partial charge on any atom is -0.291 e. The first kappa shape index (κ1) is 21.1. The van der Waals surface area contributed by atoms with Crippen molar-refractivity contribution in [2.75, 3.05) is 0 Å². The molecule has 3 rings (SSSR count). The predicted octanol–water partition coefficient (Wildman–Crippen LogP) is 5.71. The molecule has 0 saturated carbocycles. The van der Waals surface area contributed by atoms with Crippen LogP contribution in [0, 0.1) is 0 Å². The summed E-state index contributed by atoms with van der Waals surface area (Å²) in [4.78, 5) is 15.9. The van der Waals surface area contributed by atoms with E-state index in [-0.39, 0.29) is 36.3 Å². The summed E-state index contributed by atoms with van der Waals surface area (Å²) in [5.41, 5.74) is 0.994.